The van der Waals surface area contributed by atoms with E-state index in [1.165, 1.54) is 99.8 Å². The molecule has 36 heteroatoms. The number of piperazine rings is 1. The van der Waals surface area contributed by atoms with E-state index in [9.17, 15) is 72.2 Å². The van der Waals surface area contributed by atoms with Crippen molar-refractivity contribution >= 4 is 117 Å². The Morgan fingerprint density at radius 2 is 1.13 bits per heavy atom. The van der Waals surface area contributed by atoms with E-state index in [4.69, 9.17) is 26.3 Å². The van der Waals surface area contributed by atoms with Gasteiger partial charge >= 0.3 is 0 Å². The Morgan fingerprint density at radius 3 is 1.67 bits per heavy atom. The lowest BCUT2D eigenvalue weighted by Gasteiger charge is -2.39. The van der Waals surface area contributed by atoms with Gasteiger partial charge in [-0.15, -0.1) is 0 Å². The van der Waals surface area contributed by atoms with Crippen LogP contribution in [0.2, 0.25) is 5.02 Å². The largest absolute Gasteiger partial charge is 0.492 e. The summed E-state index contributed by atoms with van der Waals surface area (Å²) in [6.45, 7) is 33.7. The van der Waals surface area contributed by atoms with Crippen molar-refractivity contribution in [3.63, 3.8) is 0 Å². The highest BCUT2D eigenvalue weighted by molar-refractivity contribution is 6.35. The fraction of sp³-hybridized carbons (Fsp3) is 0.667. The van der Waals surface area contributed by atoms with Gasteiger partial charge in [0, 0.05) is 130 Å². The molecule has 3 heterocycles. The fourth-order valence-electron chi connectivity index (χ4n) is 15.7. The molecule has 126 heavy (non-hydrogen) atoms. The number of carbonyl (C=O) groups excluding carboxylic acids is 14. The number of rotatable bonds is 47. The van der Waals surface area contributed by atoms with Gasteiger partial charge in [-0.3, -0.25) is 67.1 Å². The van der Waals surface area contributed by atoms with Crippen molar-refractivity contribution in [3.05, 3.63) is 53.3 Å². The third-order valence-corrected chi connectivity index (χ3v) is 23.4. The first-order valence-corrected chi connectivity index (χ1v) is 44.6. The summed E-state index contributed by atoms with van der Waals surface area (Å²) in [6, 6.07) is -3.68. The van der Waals surface area contributed by atoms with Crippen LogP contribution in [0.3, 0.4) is 0 Å². The van der Waals surface area contributed by atoms with Gasteiger partial charge in [0.1, 0.15) is 71.8 Å². The molecule has 11 atom stereocenters. The highest BCUT2D eigenvalue weighted by Crippen LogP contribution is 2.46. The van der Waals surface area contributed by atoms with Crippen molar-refractivity contribution in [1.82, 2.24) is 81.5 Å². The van der Waals surface area contributed by atoms with Gasteiger partial charge in [-0.2, -0.15) is 4.98 Å². The molecule has 9 N–H and O–H groups in total. The number of amides is 14. The predicted molar refractivity (Wildman–Crippen MR) is 482 cm³/mol. The number of nitrogens with one attached hydrogen (secondary N) is 8. The second kappa shape index (κ2) is 49.7. The van der Waals surface area contributed by atoms with Gasteiger partial charge in [0.05, 0.1) is 36.8 Å². The fourth-order valence-corrected chi connectivity index (χ4v) is 16.0. The van der Waals surface area contributed by atoms with Crippen LogP contribution in [-0.2, 0) is 73.5 Å². The molecule has 2 aromatic carbocycles. The smallest absolute Gasteiger partial charge is 0.246 e. The zero-order valence-corrected chi connectivity index (χ0v) is 79.1. The maximum Gasteiger partial charge on any atom is 0.246 e. The third kappa shape index (κ3) is 29.6. The van der Waals surface area contributed by atoms with Crippen LogP contribution in [-0.4, -0.2) is 301 Å². The van der Waals surface area contributed by atoms with Crippen LogP contribution in [0.25, 0.3) is 22.0 Å². The standard InChI is InChI=1S/C90H142ClFN18O16/c1-25-63(99-72(114)48-68(111)56(15)29-27-32-70(112)94-36-37-95-71(113)33-35-96-90-101-78-59-34-42-126-69-31-28-30-62(92)76(69)75(59)61(91)47-60(78)80(102-90)110-40-38-109(39-41-110)73(115)26-2)86(122)103(19)49-74(116)104(20)64(43-50(3)4)83(119)100-77(54(11)12)89(125)105(21)65(44-51(5)6)82(118)97-57(16)81(117)98-58(17)85(121)106(22)66(45-52(7)8)87(123)107(23)67(46-53(9)10)88(124)108(24)79(55(13)14)84(120)93-18/h26,28,30-31,47,50-58,63-68,77,79,111H,2,25,27,29,32-46,48-49H2,1,3-24H3,(H,93,120)(H,94,112)(H,95,113)(H,97,118)(H,98,117)(H,99,114)(H,100,119)(H,96,101,102)/t56-,57+,58-,63+,64+,65+,66+,67+,68+,77+,79+/m1/s1. The summed E-state index contributed by atoms with van der Waals surface area (Å²) in [5, 5.41) is 34.4. The minimum atomic E-state index is -1.26. The third-order valence-electron chi connectivity index (χ3n) is 23.1. The summed E-state index contributed by atoms with van der Waals surface area (Å²) in [5.41, 5.74) is 1.91. The Morgan fingerprint density at radius 1 is 0.595 bits per heavy atom. The van der Waals surface area contributed by atoms with Gasteiger partial charge in [-0.05, 0) is 130 Å². The lowest BCUT2D eigenvalue weighted by atomic mass is 9.94. The summed E-state index contributed by atoms with van der Waals surface area (Å²) in [4.78, 5) is 215. The minimum absolute atomic E-state index is 0.0159. The van der Waals surface area contributed by atoms with Crippen LogP contribution in [0.4, 0.5) is 16.2 Å². The Kier molecular flexibility index (Phi) is 41.9. The molecular formula is C90H142ClFN18O16. The highest BCUT2D eigenvalue weighted by atomic mass is 35.5. The number of fused-ring (bicyclic) bond motifs is 5. The second-order valence-electron chi connectivity index (χ2n) is 35.8. The first-order valence-electron chi connectivity index (χ1n) is 44.2. The highest BCUT2D eigenvalue weighted by Gasteiger charge is 2.43. The number of benzene rings is 2. The van der Waals surface area contributed by atoms with Gasteiger partial charge in [0.25, 0.3) is 0 Å². The number of halogens is 2. The van der Waals surface area contributed by atoms with E-state index in [1.807, 2.05) is 74.1 Å². The molecular weight excluding hydrogens is 1640 g/mol. The van der Waals surface area contributed by atoms with Crippen LogP contribution >= 0.6 is 11.6 Å². The maximum atomic E-state index is 15.6. The molecule has 702 valence electrons. The number of nitrogens with zero attached hydrogens (tertiary/aromatic N) is 10. The zero-order chi connectivity index (χ0) is 94.7. The average Bonchev–Trinajstić information content (AvgIpc) is 1.30. The topological polar surface area (TPSA) is 416 Å². The zero-order valence-electron chi connectivity index (χ0n) is 78.3. The number of ether oxygens (including phenoxy) is 1. The average molecular weight is 1790 g/mol. The summed E-state index contributed by atoms with van der Waals surface area (Å²) >= 11 is 6.99. The monoisotopic (exact) mass is 1790 g/mol. The Hall–Kier alpha value is -10.3. The number of aliphatic hydroxyl groups is 1. The van der Waals surface area contributed by atoms with E-state index >= 15 is 4.39 Å². The second-order valence-corrected chi connectivity index (χ2v) is 36.2. The van der Waals surface area contributed by atoms with Gasteiger partial charge < -0.3 is 91.6 Å². The molecule has 1 saturated heterocycles. The number of aliphatic hydroxyl groups excluding tert-OH is 1. The van der Waals surface area contributed by atoms with E-state index in [2.05, 4.69) is 49.1 Å². The lowest BCUT2D eigenvalue weighted by Crippen LogP contribution is -2.61. The first kappa shape index (κ1) is 106. The van der Waals surface area contributed by atoms with E-state index in [0.717, 1.165) is 4.90 Å². The van der Waals surface area contributed by atoms with Gasteiger partial charge in [-0.1, -0.05) is 121 Å². The van der Waals surface area contributed by atoms with Crippen molar-refractivity contribution in [2.45, 2.75) is 242 Å². The Balaban J connectivity index is 1.10. The molecule has 0 unspecified atom stereocenters. The quantitative estimate of drug-likeness (QED) is 0.0243. The van der Waals surface area contributed by atoms with Crippen LogP contribution in [0.1, 0.15) is 181 Å². The normalized spacial score (nSPS) is 15.3. The lowest BCUT2D eigenvalue weighted by molar-refractivity contribution is -0.153. The van der Waals surface area contributed by atoms with Crippen molar-refractivity contribution in [1.29, 1.82) is 0 Å². The molecule has 14 amide bonds. The van der Waals surface area contributed by atoms with E-state index in [-0.39, 0.29) is 142 Å². The molecule has 34 nitrogen and oxygen atoms in total. The Labute approximate surface area is 748 Å². The number of likely N-dealkylation sites (N-methyl/N-ethyl adjacent to an activating group) is 7. The van der Waals surface area contributed by atoms with E-state index in [1.54, 1.807) is 50.8 Å². The first-order chi connectivity index (χ1) is 59.1. The summed E-state index contributed by atoms with van der Waals surface area (Å²) < 4.78 is 21.6. The number of aromatic nitrogens is 2. The molecule has 0 bridgehead atoms. The van der Waals surface area contributed by atoms with Crippen molar-refractivity contribution < 1.29 is 81.4 Å². The number of carbonyl (C=O) groups is 14. The summed E-state index contributed by atoms with van der Waals surface area (Å²) in [5.74, 6) is -8.49. The van der Waals surface area contributed by atoms with Crippen LogP contribution in [0.5, 0.6) is 5.75 Å². The number of hydrogen-bond donors (Lipinski definition) is 9. The molecule has 1 aromatic heterocycles. The van der Waals surface area contributed by atoms with Crippen LogP contribution in [0, 0.1) is 47.2 Å². The summed E-state index contributed by atoms with van der Waals surface area (Å²) in [7, 11) is 10.2. The molecule has 0 saturated carbocycles. The number of hydrogen-bond acceptors (Lipinski definition) is 20. The van der Waals surface area contributed by atoms with Gasteiger partial charge in [0.2, 0.25) is 88.6 Å². The SMILES string of the molecule is C=CC(=O)N1CCN(c2nc(NCCC(=O)NCCNC(=O)CCC[C@@H](C)[C@@H](O)CC(=O)N[C@@H](CC)C(=O)N(C)CC(=O)N(C)[C@@H](CC(C)C)C(=O)N[C@H](C(=O)N(C)[C@@H](CC(C)C)C(=O)N[C@@H](C)C(=O)N[C@H](C)C(=O)N(C)[C@@H](CC(C)C)C(=O)N(C)[C@@H](CC(C)C)C(=O)N(C)[C@H](C(=O)NC)C(C)C)C(C)C)nc3c4c(c(Cl)cc23)-c2c(F)cccc2OCC4)CC1. The van der Waals surface area contributed by atoms with E-state index < -0.39 is 144 Å². The van der Waals surface area contributed by atoms with Crippen molar-refractivity contribution in [2.75, 3.05) is 119 Å². The maximum absolute atomic E-state index is 15.6. The van der Waals surface area contributed by atoms with Crippen LogP contribution in [0.15, 0.2) is 36.9 Å². The molecule has 0 aliphatic carbocycles. The molecule has 3 aromatic rings. The Bertz CT molecular complexity index is 4310. The number of anilines is 2. The molecule has 0 spiro atoms. The van der Waals surface area contributed by atoms with Crippen molar-refractivity contribution in [3.8, 4) is 16.9 Å². The van der Waals surface area contributed by atoms with E-state index in [0.29, 0.717) is 84.1 Å². The molecule has 2 aliphatic rings. The van der Waals surface area contributed by atoms with Gasteiger partial charge in [-0.25, -0.2) is 9.37 Å². The summed E-state index contributed by atoms with van der Waals surface area (Å²) in [6.07, 6.45) is 1.80. The predicted octanol–water partition coefficient (Wildman–Crippen LogP) is 5.68. The molecule has 2 aliphatic heterocycles. The minimum Gasteiger partial charge on any atom is -0.492 e. The van der Waals surface area contributed by atoms with Crippen molar-refractivity contribution in [2.24, 2.45) is 41.4 Å². The van der Waals surface area contributed by atoms with Crippen LogP contribution < -0.4 is 52.2 Å². The van der Waals surface area contributed by atoms with Gasteiger partial charge in [0.15, 0.2) is 0 Å². The molecule has 1 fully saturated rings. The molecule has 0 radical (unpaired) electrons. The molecule has 5 rings (SSSR count).